The smallest absolute Gasteiger partial charge is 0.267 e. The molecule has 0 aliphatic rings. The summed E-state index contributed by atoms with van der Waals surface area (Å²) in [6.07, 6.45) is 1.52. The zero-order valence-electron chi connectivity index (χ0n) is 9.95. The number of hydrogen-bond donors (Lipinski definition) is 2. The van der Waals surface area contributed by atoms with Crippen LogP contribution in [0.25, 0.3) is 0 Å². The molecule has 0 aliphatic carbocycles. The lowest BCUT2D eigenvalue weighted by atomic mass is 10.3. The van der Waals surface area contributed by atoms with Crippen molar-refractivity contribution in [1.29, 1.82) is 0 Å². The maximum absolute atomic E-state index is 13.2. The predicted octanol–water partition coefficient (Wildman–Crippen LogP) is 2.62. The number of ether oxygens (including phenoxy) is 1. The molecule has 2 rings (SSSR count). The van der Waals surface area contributed by atoms with Crippen LogP contribution in [-0.2, 0) is 0 Å². The SMILES string of the molecule is O=C(NCCOc1ccccc1F)c1cc(Cl)c[nH]1. The number of H-pyrrole nitrogens is 1. The Kier molecular flexibility index (Phi) is 4.41. The molecule has 1 amide bonds. The van der Waals surface area contributed by atoms with E-state index in [4.69, 9.17) is 16.3 Å². The first-order chi connectivity index (χ1) is 9.16. The first kappa shape index (κ1) is 13.4. The number of aromatic amines is 1. The highest BCUT2D eigenvalue weighted by molar-refractivity contribution is 6.30. The third-order valence-electron chi connectivity index (χ3n) is 2.37. The van der Waals surface area contributed by atoms with Crippen molar-refractivity contribution in [2.75, 3.05) is 13.2 Å². The van der Waals surface area contributed by atoms with Crippen LogP contribution in [0.3, 0.4) is 0 Å². The summed E-state index contributed by atoms with van der Waals surface area (Å²) < 4.78 is 18.4. The maximum Gasteiger partial charge on any atom is 0.267 e. The third kappa shape index (κ3) is 3.72. The lowest BCUT2D eigenvalue weighted by Crippen LogP contribution is -2.28. The molecule has 2 aromatic rings. The van der Waals surface area contributed by atoms with Gasteiger partial charge in [0.1, 0.15) is 12.3 Å². The van der Waals surface area contributed by atoms with Gasteiger partial charge in [-0.25, -0.2) is 4.39 Å². The molecular formula is C13H12ClFN2O2. The highest BCUT2D eigenvalue weighted by Gasteiger charge is 2.07. The number of hydrogen-bond acceptors (Lipinski definition) is 2. The van der Waals surface area contributed by atoms with Gasteiger partial charge in [-0.2, -0.15) is 0 Å². The fraction of sp³-hybridized carbons (Fsp3) is 0.154. The number of benzene rings is 1. The van der Waals surface area contributed by atoms with Crippen LogP contribution < -0.4 is 10.1 Å². The molecule has 0 saturated carbocycles. The van der Waals surface area contributed by atoms with Gasteiger partial charge in [0, 0.05) is 6.20 Å². The molecule has 0 radical (unpaired) electrons. The van der Waals surface area contributed by atoms with E-state index < -0.39 is 5.82 Å². The number of amides is 1. The molecule has 19 heavy (non-hydrogen) atoms. The summed E-state index contributed by atoms with van der Waals surface area (Å²) in [4.78, 5) is 14.3. The molecule has 1 aromatic heterocycles. The van der Waals surface area contributed by atoms with Crippen LogP contribution in [0.5, 0.6) is 5.75 Å². The third-order valence-corrected chi connectivity index (χ3v) is 2.59. The van der Waals surface area contributed by atoms with Crippen molar-refractivity contribution in [2.24, 2.45) is 0 Å². The Morgan fingerprint density at radius 1 is 1.42 bits per heavy atom. The quantitative estimate of drug-likeness (QED) is 0.828. The maximum atomic E-state index is 13.2. The number of aromatic nitrogens is 1. The van der Waals surface area contributed by atoms with Gasteiger partial charge in [0.25, 0.3) is 5.91 Å². The first-order valence-electron chi connectivity index (χ1n) is 5.66. The van der Waals surface area contributed by atoms with Crippen LogP contribution in [0.15, 0.2) is 36.5 Å². The van der Waals surface area contributed by atoms with Gasteiger partial charge in [-0.15, -0.1) is 0 Å². The van der Waals surface area contributed by atoms with E-state index in [9.17, 15) is 9.18 Å². The highest BCUT2D eigenvalue weighted by Crippen LogP contribution is 2.14. The summed E-state index contributed by atoms with van der Waals surface area (Å²) in [7, 11) is 0. The first-order valence-corrected chi connectivity index (χ1v) is 6.04. The largest absolute Gasteiger partial charge is 0.489 e. The molecular weight excluding hydrogens is 271 g/mol. The van der Waals surface area contributed by atoms with Crippen molar-refractivity contribution in [3.05, 3.63) is 53.1 Å². The Hall–Kier alpha value is -2.01. The monoisotopic (exact) mass is 282 g/mol. The number of nitrogens with one attached hydrogen (secondary N) is 2. The van der Waals surface area contributed by atoms with E-state index in [2.05, 4.69) is 10.3 Å². The van der Waals surface area contributed by atoms with Gasteiger partial charge in [0.15, 0.2) is 11.6 Å². The van der Waals surface area contributed by atoms with Gasteiger partial charge in [-0.3, -0.25) is 4.79 Å². The molecule has 0 unspecified atom stereocenters. The number of halogens is 2. The van der Waals surface area contributed by atoms with Gasteiger partial charge in [0.2, 0.25) is 0 Å². The van der Waals surface area contributed by atoms with Gasteiger partial charge in [-0.05, 0) is 18.2 Å². The minimum Gasteiger partial charge on any atom is -0.489 e. The number of carbonyl (C=O) groups is 1. The Morgan fingerprint density at radius 3 is 2.89 bits per heavy atom. The van der Waals surface area contributed by atoms with E-state index in [-0.39, 0.29) is 24.8 Å². The zero-order valence-corrected chi connectivity index (χ0v) is 10.7. The average molecular weight is 283 g/mol. The Balaban J connectivity index is 1.75. The van der Waals surface area contributed by atoms with Crippen LogP contribution in [0.1, 0.15) is 10.5 Å². The van der Waals surface area contributed by atoms with Crippen LogP contribution in [-0.4, -0.2) is 24.0 Å². The van der Waals surface area contributed by atoms with Crippen molar-refractivity contribution in [1.82, 2.24) is 10.3 Å². The van der Waals surface area contributed by atoms with Gasteiger partial charge in [-0.1, -0.05) is 23.7 Å². The molecule has 0 fully saturated rings. The zero-order chi connectivity index (χ0) is 13.7. The van der Waals surface area contributed by atoms with Crippen molar-refractivity contribution < 1.29 is 13.9 Å². The van der Waals surface area contributed by atoms with E-state index >= 15 is 0 Å². The summed E-state index contributed by atoms with van der Waals surface area (Å²) in [5, 5.41) is 3.09. The van der Waals surface area contributed by atoms with Crippen molar-refractivity contribution >= 4 is 17.5 Å². The van der Waals surface area contributed by atoms with Crippen LogP contribution in [0, 0.1) is 5.82 Å². The molecule has 4 nitrogen and oxygen atoms in total. The van der Waals surface area contributed by atoms with Crippen molar-refractivity contribution in [3.8, 4) is 5.75 Å². The number of carbonyl (C=O) groups excluding carboxylic acids is 1. The molecule has 0 spiro atoms. The molecule has 0 aliphatic heterocycles. The van der Waals surface area contributed by atoms with E-state index in [1.807, 2.05) is 0 Å². The topological polar surface area (TPSA) is 54.1 Å². The van der Waals surface area contributed by atoms with E-state index in [0.29, 0.717) is 10.7 Å². The minimum atomic E-state index is -0.426. The standard InChI is InChI=1S/C13H12ClFN2O2/c14-9-7-11(17-8-9)13(18)16-5-6-19-12-4-2-1-3-10(12)15/h1-4,7-8,17H,5-6H2,(H,16,18). The molecule has 6 heteroatoms. The van der Waals surface area contributed by atoms with Gasteiger partial charge < -0.3 is 15.0 Å². The van der Waals surface area contributed by atoms with E-state index in [1.165, 1.54) is 24.4 Å². The summed E-state index contributed by atoms with van der Waals surface area (Å²) in [5.74, 6) is -0.548. The molecule has 1 aromatic carbocycles. The summed E-state index contributed by atoms with van der Waals surface area (Å²) in [6, 6.07) is 7.63. The van der Waals surface area contributed by atoms with Gasteiger partial charge in [0.05, 0.1) is 11.6 Å². The fourth-order valence-corrected chi connectivity index (χ4v) is 1.65. The molecule has 0 bridgehead atoms. The van der Waals surface area contributed by atoms with Crippen LogP contribution >= 0.6 is 11.6 Å². The normalized spacial score (nSPS) is 10.2. The molecule has 0 saturated heterocycles. The lowest BCUT2D eigenvalue weighted by molar-refractivity contribution is 0.0942. The second kappa shape index (κ2) is 6.24. The van der Waals surface area contributed by atoms with Gasteiger partial charge >= 0.3 is 0 Å². The summed E-state index contributed by atoms with van der Waals surface area (Å²) in [6.45, 7) is 0.449. The lowest BCUT2D eigenvalue weighted by Gasteiger charge is -2.07. The van der Waals surface area contributed by atoms with Crippen molar-refractivity contribution in [2.45, 2.75) is 0 Å². The molecule has 0 atom stereocenters. The molecule has 1 heterocycles. The number of rotatable bonds is 5. The van der Waals surface area contributed by atoms with E-state index in [1.54, 1.807) is 12.1 Å². The van der Waals surface area contributed by atoms with Crippen molar-refractivity contribution in [3.63, 3.8) is 0 Å². The summed E-state index contributed by atoms with van der Waals surface area (Å²) in [5.41, 5.74) is 0.371. The predicted molar refractivity (Wildman–Crippen MR) is 70.0 cm³/mol. The highest BCUT2D eigenvalue weighted by atomic mass is 35.5. The van der Waals surface area contributed by atoms with E-state index in [0.717, 1.165) is 0 Å². The second-order valence-corrected chi connectivity index (χ2v) is 4.20. The Morgan fingerprint density at radius 2 is 2.21 bits per heavy atom. The number of para-hydroxylation sites is 1. The molecule has 100 valence electrons. The molecule has 2 N–H and O–H groups in total. The van der Waals surface area contributed by atoms with Crippen LogP contribution in [0.2, 0.25) is 5.02 Å². The fourth-order valence-electron chi connectivity index (χ4n) is 1.48. The minimum absolute atomic E-state index is 0.166. The summed E-state index contributed by atoms with van der Waals surface area (Å²) >= 11 is 5.69. The van der Waals surface area contributed by atoms with Crippen LogP contribution in [0.4, 0.5) is 4.39 Å². The second-order valence-electron chi connectivity index (χ2n) is 3.77. The Labute approximate surface area is 114 Å². The average Bonchev–Trinajstić information content (AvgIpc) is 2.83. The Bertz CT molecular complexity index is 571.